The van der Waals surface area contributed by atoms with Crippen molar-refractivity contribution in [3.63, 3.8) is 0 Å². The molecule has 1 aliphatic heterocycles. The van der Waals surface area contributed by atoms with Gasteiger partial charge in [0.05, 0.1) is 27.5 Å². The van der Waals surface area contributed by atoms with Crippen molar-refractivity contribution in [2.75, 3.05) is 0 Å². The largest absolute Gasteiger partial charge is 0.457 e. The molecule has 0 saturated carbocycles. The summed E-state index contributed by atoms with van der Waals surface area (Å²) in [6.07, 6.45) is 0. The number of hydrogen-bond donors (Lipinski definition) is 0. The highest BCUT2D eigenvalue weighted by molar-refractivity contribution is 6.20. The minimum atomic E-state index is -0.554. The van der Waals surface area contributed by atoms with Crippen LogP contribution in [0, 0.1) is 0 Å². The molecule has 11 aromatic rings. The summed E-state index contributed by atoms with van der Waals surface area (Å²) in [6.45, 7) is 0. The fourth-order valence-corrected chi connectivity index (χ4v) is 10.3. The molecule has 0 unspecified atom stereocenters. The molecule has 0 bridgehead atoms. The van der Waals surface area contributed by atoms with E-state index in [4.69, 9.17) is 4.74 Å². The van der Waals surface area contributed by atoms with Gasteiger partial charge in [0.25, 0.3) is 0 Å². The second kappa shape index (κ2) is 10.9. The number of aromatic nitrogens is 2. The van der Waals surface area contributed by atoms with Gasteiger partial charge in [0.2, 0.25) is 0 Å². The van der Waals surface area contributed by atoms with Gasteiger partial charge in [-0.3, -0.25) is 0 Å². The predicted octanol–water partition coefficient (Wildman–Crippen LogP) is 13.5. The van der Waals surface area contributed by atoms with Gasteiger partial charge in [-0.25, -0.2) is 0 Å². The predicted molar refractivity (Wildman–Crippen MR) is 230 cm³/mol. The van der Waals surface area contributed by atoms with Crippen LogP contribution in [0.2, 0.25) is 0 Å². The Balaban J connectivity index is 1.18. The molecule has 3 heterocycles. The third-order valence-corrected chi connectivity index (χ3v) is 12.5. The molecule has 0 amide bonds. The molecule has 3 nitrogen and oxygen atoms in total. The molecule has 0 saturated heterocycles. The van der Waals surface area contributed by atoms with E-state index in [-0.39, 0.29) is 0 Å². The van der Waals surface area contributed by atoms with E-state index < -0.39 is 5.41 Å². The Morgan fingerprint density at radius 2 is 0.982 bits per heavy atom. The first-order chi connectivity index (χ1) is 27.8. The maximum absolute atomic E-state index is 6.99. The quantitative estimate of drug-likeness (QED) is 0.175. The van der Waals surface area contributed by atoms with Crippen LogP contribution in [0.3, 0.4) is 0 Å². The van der Waals surface area contributed by atoms with E-state index in [9.17, 15) is 0 Å². The Bertz CT molecular complexity index is 3410. The van der Waals surface area contributed by atoms with Crippen molar-refractivity contribution >= 4 is 54.4 Å². The van der Waals surface area contributed by atoms with Crippen molar-refractivity contribution in [3.8, 4) is 34.0 Å². The van der Waals surface area contributed by atoms with E-state index in [0.29, 0.717) is 0 Å². The average molecular weight is 713 g/mol. The highest BCUT2D eigenvalue weighted by Crippen LogP contribution is 2.62. The van der Waals surface area contributed by atoms with Crippen LogP contribution < -0.4 is 4.74 Å². The SMILES string of the molecule is c1ccc(-n2c3ccccc3c3cc(-n4c5cc6c(cc5c5ccc7ccccc7c54)Oc4ccccc4C64c5ccccc5-c5ccccc54)ccc32)cc1. The maximum atomic E-state index is 6.99. The third kappa shape index (κ3) is 3.72. The standard InChI is InChI=1S/C53H32N2O/c1-2-15-34(16-3-1)54-47-24-12-8-20-39(47)41-30-35(27-29-48(41)54)55-49-32-46-51(31-42(49)40-28-26-33-14-4-5-17-36(33)52(40)55)56-50-25-13-11-23-45(50)53(46)43-21-9-6-18-37(43)38-19-7-10-22-44(38)53/h1-32H. The summed E-state index contributed by atoms with van der Waals surface area (Å²) in [5.41, 5.74) is 13.9. The van der Waals surface area contributed by atoms with Crippen LogP contribution in [0.15, 0.2) is 194 Å². The first kappa shape index (κ1) is 30.0. The molecule has 0 fully saturated rings. The van der Waals surface area contributed by atoms with E-state index in [1.54, 1.807) is 0 Å². The molecule has 2 aliphatic rings. The monoisotopic (exact) mass is 712 g/mol. The van der Waals surface area contributed by atoms with Crippen LogP contribution in [-0.2, 0) is 5.41 Å². The number of ether oxygens (including phenoxy) is 1. The second-order valence-electron chi connectivity index (χ2n) is 15.2. The summed E-state index contributed by atoms with van der Waals surface area (Å²) in [5, 5.41) is 7.28. The van der Waals surface area contributed by atoms with E-state index >= 15 is 0 Å². The zero-order valence-electron chi connectivity index (χ0n) is 30.3. The molecule has 1 aliphatic carbocycles. The van der Waals surface area contributed by atoms with Gasteiger partial charge in [-0.1, -0.05) is 140 Å². The van der Waals surface area contributed by atoms with Crippen molar-refractivity contribution in [1.82, 2.24) is 9.13 Å². The number of nitrogens with zero attached hydrogens (tertiary/aromatic N) is 2. The minimum Gasteiger partial charge on any atom is -0.457 e. The Labute approximate surface area is 322 Å². The fourth-order valence-electron chi connectivity index (χ4n) is 10.3. The molecule has 1 spiro atoms. The first-order valence-electron chi connectivity index (χ1n) is 19.4. The lowest BCUT2D eigenvalue weighted by Crippen LogP contribution is -2.32. The van der Waals surface area contributed by atoms with Crippen LogP contribution in [0.25, 0.3) is 76.9 Å². The Morgan fingerprint density at radius 1 is 0.339 bits per heavy atom. The van der Waals surface area contributed by atoms with Gasteiger partial charge in [-0.05, 0) is 82.2 Å². The van der Waals surface area contributed by atoms with E-state index in [1.807, 2.05) is 0 Å². The van der Waals surface area contributed by atoms with Crippen LogP contribution >= 0.6 is 0 Å². The second-order valence-corrected chi connectivity index (χ2v) is 15.2. The number of para-hydroxylation sites is 3. The molecular formula is C53H32N2O. The van der Waals surface area contributed by atoms with Crippen LogP contribution in [0.1, 0.15) is 22.3 Å². The fraction of sp³-hybridized carbons (Fsp3) is 0.0189. The van der Waals surface area contributed by atoms with Crippen molar-refractivity contribution in [2.45, 2.75) is 5.41 Å². The smallest absolute Gasteiger partial charge is 0.133 e. The summed E-state index contributed by atoms with van der Waals surface area (Å²) in [7, 11) is 0. The zero-order valence-corrected chi connectivity index (χ0v) is 30.3. The molecule has 9 aromatic carbocycles. The highest BCUT2D eigenvalue weighted by Gasteiger charge is 2.51. The topological polar surface area (TPSA) is 19.1 Å². The van der Waals surface area contributed by atoms with Crippen molar-refractivity contribution in [3.05, 3.63) is 216 Å². The maximum Gasteiger partial charge on any atom is 0.133 e. The number of benzene rings is 9. The van der Waals surface area contributed by atoms with Gasteiger partial charge in [0, 0.05) is 49.4 Å². The van der Waals surface area contributed by atoms with E-state index in [2.05, 4.69) is 203 Å². The lowest BCUT2D eigenvalue weighted by atomic mass is 9.66. The van der Waals surface area contributed by atoms with Gasteiger partial charge in [0.1, 0.15) is 11.5 Å². The van der Waals surface area contributed by atoms with Crippen LogP contribution in [-0.4, -0.2) is 9.13 Å². The van der Waals surface area contributed by atoms with Gasteiger partial charge in [0.15, 0.2) is 0 Å². The van der Waals surface area contributed by atoms with Crippen molar-refractivity contribution in [1.29, 1.82) is 0 Å². The number of fused-ring (bicyclic) bond motifs is 17. The average Bonchev–Trinajstić information content (AvgIpc) is 3.88. The van der Waals surface area contributed by atoms with Gasteiger partial charge in [-0.15, -0.1) is 0 Å². The van der Waals surface area contributed by atoms with E-state index in [1.165, 1.54) is 76.7 Å². The van der Waals surface area contributed by atoms with Gasteiger partial charge in [-0.2, -0.15) is 0 Å². The molecule has 0 radical (unpaired) electrons. The lowest BCUT2D eigenvalue weighted by molar-refractivity contribution is 0.437. The third-order valence-electron chi connectivity index (χ3n) is 12.5. The Kier molecular flexibility index (Phi) is 5.83. The molecule has 2 aromatic heterocycles. The summed E-state index contributed by atoms with van der Waals surface area (Å²) in [6, 6.07) is 71.2. The molecule has 3 heteroatoms. The molecule has 0 atom stereocenters. The van der Waals surface area contributed by atoms with E-state index in [0.717, 1.165) is 34.0 Å². The lowest BCUT2D eigenvalue weighted by Gasteiger charge is -2.39. The molecule has 56 heavy (non-hydrogen) atoms. The Morgan fingerprint density at radius 3 is 1.80 bits per heavy atom. The zero-order chi connectivity index (χ0) is 36.5. The molecule has 0 N–H and O–H groups in total. The van der Waals surface area contributed by atoms with Crippen LogP contribution in [0.5, 0.6) is 11.5 Å². The van der Waals surface area contributed by atoms with Crippen molar-refractivity contribution in [2.24, 2.45) is 0 Å². The normalized spacial score (nSPS) is 13.6. The van der Waals surface area contributed by atoms with Crippen molar-refractivity contribution < 1.29 is 4.74 Å². The van der Waals surface area contributed by atoms with Gasteiger partial charge < -0.3 is 13.9 Å². The Hall–Kier alpha value is -7.36. The highest BCUT2D eigenvalue weighted by atomic mass is 16.5. The number of rotatable bonds is 2. The molecular weight excluding hydrogens is 681 g/mol. The van der Waals surface area contributed by atoms with Crippen LogP contribution in [0.4, 0.5) is 0 Å². The molecule has 260 valence electrons. The summed E-state index contributed by atoms with van der Waals surface area (Å²) < 4.78 is 11.9. The summed E-state index contributed by atoms with van der Waals surface area (Å²) in [4.78, 5) is 0. The molecule has 13 rings (SSSR count). The summed E-state index contributed by atoms with van der Waals surface area (Å²) >= 11 is 0. The number of hydrogen-bond acceptors (Lipinski definition) is 1. The van der Waals surface area contributed by atoms with Gasteiger partial charge >= 0.3 is 0 Å². The first-order valence-corrected chi connectivity index (χ1v) is 19.4. The minimum absolute atomic E-state index is 0.554. The summed E-state index contributed by atoms with van der Waals surface area (Å²) in [5.74, 6) is 1.80.